The summed E-state index contributed by atoms with van der Waals surface area (Å²) in [5, 5.41) is 0. The number of hydrogen-bond acceptors (Lipinski definition) is 0. The van der Waals surface area contributed by atoms with E-state index < -0.39 is 18.0 Å². The topological polar surface area (TPSA) is 0 Å². The predicted octanol–water partition coefficient (Wildman–Crippen LogP) is 4.76. The predicted molar refractivity (Wildman–Crippen MR) is 63.7 cm³/mol. The average Bonchev–Trinajstić information content (AvgIpc) is 2.15. The van der Waals surface area contributed by atoms with Crippen LogP contribution in [0.25, 0.3) is 0 Å². The minimum absolute atomic E-state index is 0.364. The number of benzene rings is 1. The van der Waals surface area contributed by atoms with E-state index in [0.717, 1.165) is 5.56 Å². The summed E-state index contributed by atoms with van der Waals surface area (Å²) in [6.45, 7) is 6.99. The number of alkyl halides is 3. The smallest absolute Gasteiger partial charge is 0.171 e. The summed E-state index contributed by atoms with van der Waals surface area (Å²) in [7, 11) is 0. The van der Waals surface area contributed by atoms with Gasteiger partial charge in [-0.25, -0.2) is 0 Å². The monoisotopic (exact) mass is 242 g/mol. The second kappa shape index (κ2) is 4.94. The maximum absolute atomic E-state index is 12.6. The van der Waals surface area contributed by atoms with Gasteiger partial charge in [-0.05, 0) is 18.9 Å². The Morgan fingerprint density at radius 2 is 1.71 bits per heavy atom. The molecule has 0 aliphatic rings. The van der Waals surface area contributed by atoms with Crippen molar-refractivity contribution in [3.05, 3.63) is 48.0 Å². The maximum Gasteiger partial charge on any atom is 0.389 e. The average molecular weight is 242 g/mol. The molecular weight excluding hydrogens is 225 g/mol. The minimum atomic E-state index is -4.16. The molecule has 0 radical (unpaired) electrons. The van der Waals surface area contributed by atoms with Crippen LogP contribution in [0.4, 0.5) is 13.2 Å². The largest absolute Gasteiger partial charge is 0.389 e. The van der Waals surface area contributed by atoms with Crippen molar-refractivity contribution in [2.75, 3.05) is 0 Å². The molecule has 1 atom stereocenters. The van der Waals surface area contributed by atoms with Crippen molar-refractivity contribution in [2.45, 2.75) is 32.9 Å². The highest BCUT2D eigenvalue weighted by atomic mass is 19.4. The summed E-state index contributed by atoms with van der Waals surface area (Å²) >= 11 is 0. The van der Waals surface area contributed by atoms with Crippen molar-refractivity contribution in [1.82, 2.24) is 0 Å². The molecule has 0 saturated carbocycles. The van der Waals surface area contributed by atoms with Crippen LogP contribution in [0.1, 0.15) is 25.8 Å². The summed E-state index contributed by atoms with van der Waals surface area (Å²) in [6.07, 6.45) is -4.63. The fraction of sp³-hybridized carbons (Fsp3) is 0.429. The molecule has 0 aliphatic heterocycles. The Labute approximate surface area is 100 Å². The molecule has 0 spiro atoms. The lowest BCUT2D eigenvalue weighted by Crippen LogP contribution is -2.28. The van der Waals surface area contributed by atoms with Gasteiger partial charge in [0.05, 0.1) is 6.42 Å². The van der Waals surface area contributed by atoms with E-state index >= 15 is 0 Å². The van der Waals surface area contributed by atoms with Crippen LogP contribution in [-0.2, 0) is 6.42 Å². The molecule has 94 valence electrons. The van der Waals surface area contributed by atoms with Crippen molar-refractivity contribution in [2.24, 2.45) is 5.41 Å². The zero-order chi connectivity index (χ0) is 13.1. The lowest BCUT2D eigenvalue weighted by molar-refractivity contribution is -0.152. The van der Waals surface area contributed by atoms with Crippen LogP contribution in [0.5, 0.6) is 0 Å². The van der Waals surface area contributed by atoms with Crippen LogP contribution in [0.2, 0.25) is 0 Å². The van der Waals surface area contributed by atoms with Gasteiger partial charge in [0.25, 0.3) is 0 Å². The Balaban J connectivity index is 2.90. The van der Waals surface area contributed by atoms with Crippen LogP contribution < -0.4 is 0 Å². The molecule has 0 bridgehead atoms. The first-order valence-electron chi connectivity index (χ1n) is 5.50. The van der Waals surface area contributed by atoms with E-state index in [1.165, 1.54) is 0 Å². The number of hydrogen-bond donors (Lipinski definition) is 0. The number of halogens is 3. The van der Waals surface area contributed by atoms with Gasteiger partial charge in [0, 0.05) is 5.41 Å². The normalized spacial score (nSPS) is 15.4. The van der Waals surface area contributed by atoms with Gasteiger partial charge in [-0.1, -0.05) is 49.4 Å². The molecule has 1 aromatic carbocycles. The molecule has 0 amide bonds. The van der Waals surface area contributed by atoms with Gasteiger partial charge in [-0.2, -0.15) is 13.2 Å². The molecule has 1 unspecified atom stereocenters. The summed E-state index contributed by atoms with van der Waals surface area (Å²) in [5.41, 5.74) is 0.542. The molecule has 0 N–H and O–H groups in total. The van der Waals surface area contributed by atoms with E-state index in [0.29, 0.717) is 12.0 Å². The highest BCUT2D eigenvalue weighted by Crippen LogP contribution is 2.40. The zero-order valence-corrected chi connectivity index (χ0v) is 10.1. The molecule has 0 aromatic heterocycles. The van der Waals surface area contributed by atoms with Gasteiger partial charge < -0.3 is 0 Å². The molecular formula is C14H17F3. The van der Waals surface area contributed by atoms with Crippen LogP contribution >= 0.6 is 0 Å². The van der Waals surface area contributed by atoms with Crippen molar-refractivity contribution >= 4 is 0 Å². The third-order valence-electron chi connectivity index (χ3n) is 3.06. The molecule has 0 nitrogen and oxygen atoms in total. The first-order valence-corrected chi connectivity index (χ1v) is 5.50. The summed E-state index contributed by atoms with van der Waals surface area (Å²) in [6, 6.07) is 9.21. The van der Waals surface area contributed by atoms with Crippen LogP contribution in [0.15, 0.2) is 42.5 Å². The Morgan fingerprint density at radius 3 is 2.12 bits per heavy atom. The van der Waals surface area contributed by atoms with E-state index in [4.69, 9.17) is 0 Å². The van der Waals surface area contributed by atoms with Crippen LogP contribution in [-0.4, -0.2) is 6.18 Å². The second-order valence-electron chi connectivity index (χ2n) is 4.80. The molecule has 0 heterocycles. The van der Waals surface area contributed by atoms with Crippen molar-refractivity contribution < 1.29 is 13.2 Å². The van der Waals surface area contributed by atoms with E-state index in [2.05, 4.69) is 6.58 Å². The molecule has 1 aromatic rings. The van der Waals surface area contributed by atoms with Crippen molar-refractivity contribution in [3.8, 4) is 0 Å². The third kappa shape index (κ3) is 4.25. The molecule has 17 heavy (non-hydrogen) atoms. The number of rotatable bonds is 4. The second-order valence-corrected chi connectivity index (χ2v) is 4.80. The minimum Gasteiger partial charge on any atom is -0.171 e. The van der Waals surface area contributed by atoms with E-state index in [1.54, 1.807) is 13.8 Å². The lowest BCUT2D eigenvalue weighted by Gasteiger charge is -2.31. The third-order valence-corrected chi connectivity index (χ3v) is 3.06. The fourth-order valence-corrected chi connectivity index (χ4v) is 1.85. The van der Waals surface area contributed by atoms with E-state index in [-0.39, 0.29) is 0 Å². The highest BCUT2D eigenvalue weighted by molar-refractivity contribution is 5.20. The quantitative estimate of drug-likeness (QED) is 0.667. The SMILES string of the molecule is C=C(C)C(C)(Cc1ccccc1)CC(F)(F)F. The standard InChI is InChI=1S/C14H17F3/c1-11(2)13(3,10-14(15,16)17)9-12-7-5-4-6-8-12/h4-8H,1,9-10H2,2-3H3. The molecule has 1 rings (SSSR count). The fourth-order valence-electron chi connectivity index (χ4n) is 1.85. The van der Waals surface area contributed by atoms with Gasteiger partial charge in [-0.15, -0.1) is 0 Å². The maximum atomic E-state index is 12.6. The van der Waals surface area contributed by atoms with Crippen molar-refractivity contribution in [1.29, 1.82) is 0 Å². The van der Waals surface area contributed by atoms with Gasteiger partial charge in [0.1, 0.15) is 0 Å². The highest BCUT2D eigenvalue weighted by Gasteiger charge is 2.39. The Morgan fingerprint density at radius 1 is 1.18 bits per heavy atom. The summed E-state index contributed by atoms with van der Waals surface area (Å²) in [4.78, 5) is 0. The van der Waals surface area contributed by atoms with Gasteiger partial charge in [-0.3, -0.25) is 0 Å². The van der Waals surface area contributed by atoms with Crippen LogP contribution in [0.3, 0.4) is 0 Å². The van der Waals surface area contributed by atoms with Crippen molar-refractivity contribution in [3.63, 3.8) is 0 Å². The van der Waals surface area contributed by atoms with Gasteiger partial charge in [0.15, 0.2) is 0 Å². The van der Waals surface area contributed by atoms with E-state index in [9.17, 15) is 13.2 Å². The number of allylic oxidation sites excluding steroid dienone is 1. The van der Waals surface area contributed by atoms with E-state index in [1.807, 2.05) is 30.3 Å². The van der Waals surface area contributed by atoms with Gasteiger partial charge in [0.2, 0.25) is 0 Å². The zero-order valence-electron chi connectivity index (χ0n) is 10.1. The van der Waals surface area contributed by atoms with Crippen LogP contribution in [0, 0.1) is 5.41 Å². The Hall–Kier alpha value is -1.25. The summed E-state index contributed by atoms with van der Waals surface area (Å²) < 4.78 is 37.7. The molecule has 0 aliphatic carbocycles. The Kier molecular flexibility index (Phi) is 4.02. The first-order chi connectivity index (χ1) is 7.73. The summed E-state index contributed by atoms with van der Waals surface area (Å²) in [5.74, 6) is 0. The molecule has 0 saturated heterocycles. The van der Waals surface area contributed by atoms with Gasteiger partial charge >= 0.3 is 6.18 Å². The lowest BCUT2D eigenvalue weighted by atomic mass is 9.75. The first kappa shape index (κ1) is 13.8. The molecule has 0 fully saturated rings. The molecule has 3 heteroatoms. The Bertz CT molecular complexity index is 378.